The van der Waals surface area contributed by atoms with E-state index in [1.165, 1.54) is 0 Å². The summed E-state index contributed by atoms with van der Waals surface area (Å²) < 4.78 is 38.5. The van der Waals surface area contributed by atoms with Crippen LogP contribution in [0.15, 0.2) is 24.3 Å². The smallest absolute Gasteiger partial charge is 0.211 e. The lowest BCUT2D eigenvalue weighted by atomic mass is 10.3. The van der Waals surface area contributed by atoms with Crippen molar-refractivity contribution in [3.05, 3.63) is 29.3 Å². The van der Waals surface area contributed by atoms with Crippen molar-refractivity contribution in [2.75, 3.05) is 19.0 Å². The minimum absolute atomic E-state index is 0.0488. The molecule has 20 heavy (non-hydrogen) atoms. The molecule has 2 aromatic rings. The van der Waals surface area contributed by atoms with Crippen molar-refractivity contribution in [1.82, 2.24) is 9.71 Å². The topological polar surface area (TPSA) is 59.1 Å². The summed E-state index contributed by atoms with van der Waals surface area (Å²) in [4.78, 5) is 4.49. The molecule has 1 N–H and O–H groups in total. The maximum atomic E-state index is 11.9. The van der Waals surface area contributed by atoms with Gasteiger partial charge in [0.15, 0.2) is 0 Å². The van der Waals surface area contributed by atoms with Gasteiger partial charge in [-0.2, -0.15) is 0 Å². The highest BCUT2D eigenvalue weighted by atomic mass is 32.2. The first-order valence-electron chi connectivity index (χ1n) is 6.48. The SMILES string of the molecule is O=S(=O)(CCCF)NCCCc1nc2ccccc2s1. The van der Waals surface area contributed by atoms with E-state index in [1.807, 2.05) is 24.3 Å². The summed E-state index contributed by atoms with van der Waals surface area (Å²) in [5, 5.41) is 1.01. The Balaban J connectivity index is 1.78. The average Bonchev–Trinajstić information content (AvgIpc) is 2.84. The highest BCUT2D eigenvalue weighted by Gasteiger charge is 2.09. The highest BCUT2D eigenvalue weighted by Crippen LogP contribution is 2.22. The molecule has 1 heterocycles. The Morgan fingerprint density at radius 3 is 2.80 bits per heavy atom. The number of aromatic nitrogens is 1. The fraction of sp³-hybridized carbons (Fsp3) is 0.462. The number of alkyl halides is 1. The van der Waals surface area contributed by atoms with E-state index in [-0.39, 0.29) is 12.2 Å². The van der Waals surface area contributed by atoms with Gasteiger partial charge in [0.1, 0.15) is 0 Å². The molecule has 1 aromatic carbocycles. The molecule has 0 saturated heterocycles. The summed E-state index contributed by atoms with van der Waals surface area (Å²) >= 11 is 1.63. The number of sulfonamides is 1. The van der Waals surface area contributed by atoms with Crippen molar-refractivity contribution in [2.45, 2.75) is 19.3 Å². The van der Waals surface area contributed by atoms with Gasteiger partial charge in [-0.15, -0.1) is 11.3 Å². The lowest BCUT2D eigenvalue weighted by Gasteiger charge is -2.04. The van der Waals surface area contributed by atoms with Crippen LogP contribution in [0.1, 0.15) is 17.8 Å². The molecule has 2 rings (SSSR count). The van der Waals surface area contributed by atoms with Crippen LogP contribution in [0, 0.1) is 0 Å². The lowest BCUT2D eigenvalue weighted by Crippen LogP contribution is -2.27. The quantitative estimate of drug-likeness (QED) is 0.761. The van der Waals surface area contributed by atoms with Gasteiger partial charge in [-0.05, 0) is 25.0 Å². The first kappa shape index (κ1) is 15.3. The molecule has 4 nitrogen and oxygen atoms in total. The fourth-order valence-corrected chi connectivity index (χ4v) is 3.91. The van der Waals surface area contributed by atoms with E-state index in [1.54, 1.807) is 11.3 Å². The Labute approximate surface area is 122 Å². The Morgan fingerprint density at radius 1 is 1.25 bits per heavy atom. The van der Waals surface area contributed by atoms with E-state index in [2.05, 4.69) is 9.71 Å². The molecule has 0 amide bonds. The molecule has 0 fully saturated rings. The number of rotatable bonds is 8. The Hall–Kier alpha value is -1.05. The maximum absolute atomic E-state index is 11.9. The largest absolute Gasteiger partial charge is 0.251 e. The van der Waals surface area contributed by atoms with Crippen LogP contribution >= 0.6 is 11.3 Å². The fourth-order valence-electron chi connectivity index (χ4n) is 1.81. The van der Waals surface area contributed by atoms with E-state index in [0.717, 1.165) is 21.6 Å². The zero-order valence-electron chi connectivity index (χ0n) is 11.0. The molecule has 0 unspecified atom stereocenters. The van der Waals surface area contributed by atoms with Gasteiger partial charge in [0.05, 0.1) is 27.7 Å². The number of aryl methyl sites for hydroxylation is 1. The Morgan fingerprint density at radius 2 is 2.05 bits per heavy atom. The molecule has 110 valence electrons. The second-order valence-electron chi connectivity index (χ2n) is 4.43. The molecule has 0 radical (unpaired) electrons. The molecule has 0 spiro atoms. The van der Waals surface area contributed by atoms with Crippen LogP contribution in [0.25, 0.3) is 10.2 Å². The molecule has 0 atom stereocenters. The van der Waals surface area contributed by atoms with Gasteiger partial charge in [-0.1, -0.05) is 12.1 Å². The highest BCUT2D eigenvalue weighted by molar-refractivity contribution is 7.89. The zero-order chi connectivity index (χ0) is 14.4. The summed E-state index contributed by atoms with van der Waals surface area (Å²) in [5.41, 5.74) is 0.982. The summed E-state index contributed by atoms with van der Waals surface area (Å²) in [5.74, 6) is -0.148. The number of nitrogens with zero attached hydrogens (tertiary/aromatic N) is 1. The number of hydrogen-bond donors (Lipinski definition) is 1. The van der Waals surface area contributed by atoms with Crippen LogP contribution in [0.5, 0.6) is 0 Å². The number of halogens is 1. The van der Waals surface area contributed by atoms with Crippen LogP contribution in [0.4, 0.5) is 4.39 Å². The maximum Gasteiger partial charge on any atom is 0.211 e. The molecule has 0 bridgehead atoms. The van der Waals surface area contributed by atoms with E-state index in [4.69, 9.17) is 0 Å². The number of para-hydroxylation sites is 1. The Kier molecular flexibility index (Phi) is 5.45. The summed E-state index contributed by atoms with van der Waals surface area (Å²) in [6, 6.07) is 7.92. The molecular weight excluding hydrogens is 299 g/mol. The number of nitrogens with one attached hydrogen (secondary N) is 1. The van der Waals surface area contributed by atoms with Crippen molar-refractivity contribution in [1.29, 1.82) is 0 Å². The average molecular weight is 316 g/mol. The van der Waals surface area contributed by atoms with Gasteiger partial charge in [0.25, 0.3) is 0 Å². The number of benzene rings is 1. The van der Waals surface area contributed by atoms with Crippen molar-refractivity contribution in [2.24, 2.45) is 0 Å². The molecule has 7 heteroatoms. The summed E-state index contributed by atoms with van der Waals surface area (Å²) in [6.45, 7) is -0.239. The number of hydrogen-bond acceptors (Lipinski definition) is 4. The van der Waals surface area contributed by atoms with Crippen molar-refractivity contribution < 1.29 is 12.8 Å². The molecule has 0 aliphatic heterocycles. The van der Waals surface area contributed by atoms with Crippen LogP contribution < -0.4 is 4.72 Å². The minimum atomic E-state index is -3.33. The first-order valence-corrected chi connectivity index (χ1v) is 8.95. The van der Waals surface area contributed by atoms with Crippen LogP contribution in [-0.2, 0) is 16.4 Å². The number of fused-ring (bicyclic) bond motifs is 1. The van der Waals surface area contributed by atoms with Gasteiger partial charge in [-0.3, -0.25) is 4.39 Å². The molecule has 0 aliphatic carbocycles. The van der Waals surface area contributed by atoms with Gasteiger partial charge in [0, 0.05) is 13.0 Å². The van der Waals surface area contributed by atoms with Gasteiger partial charge < -0.3 is 0 Å². The molecule has 1 aromatic heterocycles. The van der Waals surface area contributed by atoms with E-state index in [9.17, 15) is 12.8 Å². The van der Waals surface area contributed by atoms with Gasteiger partial charge in [0.2, 0.25) is 10.0 Å². The van der Waals surface area contributed by atoms with E-state index >= 15 is 0 Å². The van der Waals surface area contributed by atoms with Crippen LogP contribution in [0.2, 0.25) is 0 Å². The molecule has 0 saturated carbocycles. The normalized spacial score (nSPS) is 12.1. The Bertz CT molecular complexity index is 622. The van der Waals surface area contributed by atoms with Gasteiger partial charge >= 0.3 is 0 Å². The molecular formula is C13H17FN2O2S2. The van der Waals surface area contributed by atoms with Gasteiger partial charge in [-0.25, -0.2) is 18.1 Å². The lowest BCUT2D eigenvalue weighted by molar-refractivity contribution is 0.483. The predicted octanol–water partition coefficient (Wildman–Crippen LogP) is 2.51. The summed E-state index contributed by atoms with van der Waals surface area (Å²) in [6.07, 6.45) is 1.48. The third-order valence-corrected chi connectivity index (χ3v) is 5.34. The minimum Gasteiger partial charge on any atom is -0.251 e. The monoisotopic (exact) mass is 316 g/mol. The predicted molar refractivity (Wildman–Crippen MR) is 80.3 cm³/mol. The molecule has 0 aliphatic rings. The summed E-state index contributed by atoms with van der Waals surface area (Å²) in [7, 11) is -3.33. The second kappa shape index (κ2) is 7.10. The van der Waals surface area contributed by atoms with Crippen LogP contribution in [-0.4, -0.2) is 32.4 Å². The third-order valence-electron chi connectivity index (χ3n) is 2.77. The standard InChI is InChI=1S/C13H17FN2O2S2/c14-8-4-10-20(17,18)15-9-3-7-13-16-11-5-1-2-6-12(11)19-13/h1-2,5-6,15H,3-4,7-10H2. The third kappa shape index (κ3) is 4.50. The first-order chi connectivity index (χ1) is 9.61. The second-order valence-corrected chi connectivity index (χ2v) is 7.48. The number of thiazole rings is 1. The van der Waals surface area contributed by atoms with Crippen LogP contribution in [0.3, 0.4) is 0 Å². The zero-order valence-corrected chi connectivity index (χ0v) is 12.6. The van der Waals surface area contributed by atoms with E-state index in [0.29, 0.717) is 13.0 Å². The van der Waals surface area contributed by atoms with Crippen molar-refractivity contribution >= 4 is 31.6 Å². The van der Waals surface area contributed by atoms with E-state index < -0.39 is 16.7 Å². The van der Waals surface area contributed by atoms with Crippen molar-refractivity contribution in [3.63, 3.8) is 0 Å². The van der Waals surface area contributed by atoms with Crippen molar-refractivity contribution in [3.8, 4) is 0 Å².